The van der Waals surface area contributed by atoms with Crippen molar-refractivity contribution in [1.82, 2.24) is 9.66 Å². The van der Waals surface area contributed by atoms with Crippen molar-refractivity contribution in [2.75, 3.05) is 11.9 Å². The average Bonchev–Trinajstić information content (AvgIpc) is 2.94. The SMILES string of the molecule is Cc1ccc(NC(=O)COc2c(I)cc(C=Nn3c(-c4ccccc4)nc4ccccc4c3=O)cc2I)cc1. The Morgan fingerprint density at radius 2 is 1.64 bits per heavy atom. The van der Waals surface area contributed by atoms with Gasteiger partial charge in [0.1, 0.15) is 5.75 Å². The van der Waals surface area contributed by atoms with E-state index in [-0.39, 0.29) is 18.1 Å². The lowest BCUT2D eigenvalue weighted by Crippen LogP contribution is -2.21. The van der Waals surface area contributed by atoms with Crippen LogP contribution >= 0.6 is 45.2 Å². The largest absolute Gasteiger partial charge is 0.482 e. The van der Waals surface area contributed by atoms with Crippen molar-refractivity contribution < 1.29 is 9.53 Å². The van der Waals surface area contributed by atoms with Crippen molar-refractivity contribution in [2.45, 2.75) is 6.92 Å². The van der Waals surface area contributed by atoms with Crippen LogP contribution in [0, 0.1) is 14.1 Å². The highest BCUT2D eigenvalue weighted by Gasteiger charge is 2.14. The monoisotopic (exact) mass is 740 g/mol. The molecular weight excluding hydrogens is 718 g/mol. The summed E-state index contributed by atoms with van der Waals surface area (Å²) >= 11 is 4.34. The van der Waals surface area contributed by atoms with Crippen LogP contribution in [0.4, 0.5) is 5.69 Å². The second kappa shape index (κ2) is 12.1. The van der Waals surface area contributed by atoms with Crippen molar-refractivity contribution in [3.05, 3.63) is 120 Å². The molecule has 0 aliphatic rings. The second-order valence-electron chi connectivity index (χ2n) is 8.70. The van der Waals surface area contributed by atoms with E-state index in [4.69, 9.17) is 9.72 Å². The fraction of sp³-hybridized carbons (Fsp3) is 0.0667. The summed E-state index contributed by atoms with van der Waals surface area (Å²) in [5.41, 5.74) is 3.77. The number of halogens is 2. The number of aromatic nitrogens is 2. The van der Waals surface area contributed by atoms with Crippen LogP contribution < -0.4 is 15.6 Å². The molecule has 39 heavy (non-hydrogen) atoms. The summed E-state index contributed by atoms with van der Waals surface area (Å²) in [5, 5.41) is 7.87. The van der Waals surface area contributed by atoms with E-state index in [1.165, 1.54) is 4.68 Å². The van der Waals surface area contributed by atoms with E-state index >= 15 is 0 Å². The number of carbonyl (C=O) groups is 1. The summed E-state index contributed by atoms with van der Waals surface area (Å²) in [6, 6.07) is 28.1. The molecule has 9 heteroatoms. The minimum Gasteiger partial charge on any atom is -0.482 e. The Labute approximate surface area is 252 Å². The van der Waals surface area contributed by atoms with Crippen LogP contribution in [-0.4, -0.2) is 28.4 Å². The van der Waals surface area contributed by atoms with E-state index in [9.17, 15) is 9.59 Å². The van der Waals surface area contributed by atoms with Gasteiger partial charge in [-0.3, -0.25) is 9.59 Å². The van der Waals surface area contributed by atoms with E-state index in [1.807, 2.05) is 91.9 Å². The van der Waals surface area contributed by atoms with Gasteiger partial charge in [-0.25, -0.2) is 4.98 Å². The standard InChI is InChI=1S/C30H22I2N4O3/c1-19-11-13-22(14-12-19)34-27(37)18-39-28-24(31)15-20(16-25(28)32)17-33-36-29(21-7-3-2-4-8-21)35-26-10-6-5-9-23(26)30(36)38/h2-17H,18H2,1H3,(H,34,37). The van der Waals surface area contributed by atoms with E-state index < -0.39 is 0 Å². The number of anilines is 1. The summed E-state index contributed by atoms with van der Waals surface area (Å²) in [5.74, 6) is 0.828. The van der Waals surface area contributed by atoms with Crippen LogP contribution in [0.1, 0.15) is 11.1 Å². The minimum atomic E-state index is -0.250. The number of carbonyl (C=O) groups excluding carboxylic acids is 1. The van der Waals surface area contributed by atoms with Gasteiger partial charge in [0.25, 0.3) is 11.5 Å². The van der Waals surface area contributed by atoms with Gasteiger partial charge in [-0.1, -0.05) is 60.2 Å². The Balaban J connectivity index is 1.39. The molecule has 0 aliphatic heterocycles. The predicted octanol–water partition coefficient (Wildman–Crippen LogP) is 6.48. The summed E-state index contributed by atoms with van der Waals surface area (Å²) < 4.78 is 8.81. The first kappa shape index (κ1) is 27.0. The first-order valence-corrected chi connectivity index (χ1v) is 14.1. The third-order valence-electron chi connectivity index (χ3n) is 5.81. The number of amides is 1. The van der Waals surface area contributed by atoms with Crippen LogP contribution in [0.3, 0.4) is 0 Å². The molecule has 0 bridgehead atoms. The zero-order valence-corrected chi connectivity index (χ0v) is 25.1. The fourth-order valence-corrected chi connectivity index (χ4v) is 6.02. The Morgan fingerprint density at radius 3 is 2.36 bits per heavy atom. The summed E-state index contributed by atoms with van der Waals surface area (Å²) in [4.78, 5) is 30.5. The van der Waals surface area contributed by atoms with E-state index in [2.05, 4.69) is 55.6 Å². The summed E-state index contributed by atoms with van der Waals surface area (Å²) in [6.07, 6.45) is 1.63. The summed E-state index contributed by atoms with van der Waals surface area (Å²) in [6.45, 7) is 1.87. The number of nitrogens with zero attached hydrogens (tertiary/aromatic N) is 3. The van der Waals surface area contributed by atoms with Gasteiger partial charge in [0.05, 0.1) is 24.3 Å². The number of hydrogen-bond donors (Lipinski definition) is 1. The number of para-hydroxylation sites is 1. The first-order valence-electron chi connectivity index (χ1n) is 12.0. The molecule has 0 saturated heterocycles. The Morgan fingerprint density at radius 1 is 0.974 bits per heavy atom. The van der Waals surface area contributed by atoms with Gasteiger partial charge < -0.3 is 10.1 Å². The Kier molecular flexibility index (Phi) is 8.36. The molecule has 5 aromatic rings. The molecule has 0 unspecified atom stereocenters. The van der Waals surface area contributed by atoms with Crippen LogP contribution in [0.15, 0.2) is 101 Å². The molecule has 194 valence electrons. The zero-order chi connectivity index (χ0) is 27.4. The van der Waals surface area contributed by atoms with E-state index in [1.54, 1.807) is 12.3 Å². The van der Waals surface area contributed by atoms with E-state index in [0.29, 0.717) is 22.5 Å². The highest BCUT2D eigenvalue weighted by atomic mass is 127. The number of nitrogens with one attached hydrogen (secondary N) is 1. The Bertz CT molecular complexity index is 1730. The molecular formula is C30H22I2N4O3. The van der Waals surface area contributed by atoms with Crippen molar-refractivity contribution in [3.8, 4) is 17.1 Å². The zero-order valence-electron chi connectivity index (χ0n) is 20.8. The topological polar surface area (TPSA) is 85.6 Å². The van der Waals surface area contributed by atoms with Crippen LogP contribution in [0.25, 0.3) is 22.3 Å². The molecule has 0 saturated carbocycles. The average molecular weight is 740 g/mol. The lowest BCUT2D eigenvalue weighted by molar-refractivity contribution is -0.118. The number of fused-ring (bicyclic) bond motifs is 1. The molecule has 4 aromatic carbocycles. The van der Waals surface area contributed by atoms with Gasteiger partial charge in [-0.2, -0.15) is 9.78 Å². The van der Waals surface area contributed by atoms with Gasteiger partial charge in [0.15, 0.2) is 12.4 Å². The molecule has 1 aromatic heterocycles. The molecule has 1 N–H and O–H groups in total. The maximum Gasteiger partial charge on any atom is 0.282 e. The third kappa shape index (κ3) is 6.36. The minimum absolute atomic E-state index is 0.119. The lowest BCUT2D eigenvalue weighted by atomic mass is 10.2. The lowest BCUT2D eigenvalue weighted by Gasteiger charge is -2.12. The molecule has 1 heterocycles. The predicted molar refractivity (Wildman–Crippen MR) is 172 cm³/mol. The maximum atomic E-state index is 13.4. The van der Waals surface area contributed by atoms with Crippen molar-refractivity contribution in [2.24, 2.45) is 5.10 Å². The van der Waals surface area contributed by atoms with Crippen molar-refractivity contribution in [3.63, 3.8) is 0 Å². The molecule has 1 amide bonds. The number of ether oxygens (including phenoxy) is 1. The summed E-state index contributed by atoms with van der Waals surface area (Å²) in [7, 11) is 0. The molecule has 0 fully saturated rings. The van der Waals surface area contributed by atoms with Gasteiger partial charge in [0, 0.05) is 11.3 Å². The number of benzene rings is 4. The molecule has 0 aliphatic carbocycles. The van der Waals surface area contributed by atoms with Gasteiger partial charge in [0.2, 0.25) is 0 Å². The maximum absolute atomic E-state index is 13.4. The Hall–Kier alpha value is -3.58. The van der Waals surface area contributed by atoms with Gasteiger partial charge >= 0.3 is 0 Å². The number of aryl methyl sites for hydroxylation is 1. The smallest absolute Gasteiger partial charge is 0.282 e. The van der Waals surface area contributed by atoms with Gasteiger partial charge in [-0.15, -0.1) is 0 Å². The normalized spacial score (nSPS) is 11.2. The second-order valence-corrected chi connectivity index (χ2v) is 11.0. The molecule has 7 nitrogen and oxygen atoms in total. The van der Waals surface area contributed by atoms with Crippen LogP contribution in [0.5, 0.6) is 5.75 Å². The van der Waals surface area contributed by atoms with Crippen LogP contribution in [0.2, 0.25) is 0 Å². The molecule has 0 atom stereocenters. The van der Waals surface area contributed by atoms with Crippen molar-refractivity contribution >= 4 is 73.9 Å². The quantitative estimate of drug-likeness (QED) is 0.153. The van der Waals surface area contributed by atoms with Crippen LogP contribution in [-0.2, 0) is 4.79 Å². The third-order valence-corrected chi connectivity index (χ3v) is 7.41. The fourth-order valence-electron chi connectivity index (χ4n) is 3.89. The molecule has 0 spiro atoms. The van der Waals surface area contributed by atoms with Crippen molar-refractivity contribution in [1.29, 1.82) is 0 Å². The molecule has 5 rings (SSSR count). The van der Waals surface area contributed by atoms with Gasteiger partial charge in [-0.05, 0) is 94.1 Å². The first-order chi connectivity index (χ1) is 18.9. The highest BCUT2D eigenvalue weighted by Crippen LogP contribution is 2.29. The highest BCUT2D eigenvalue weighted by molar-refractivity contribution is 14.1. The molecule has 0 radical (unpaired) electrons. The number of rotatable bonds is 7. The van der Waals surface area contributed by atoms with E-state index in [0.717, 1.165) is 29.5 Å². The number of hydrogen-bond acceptors (Lipinski definition) is 5.